The average Bonchev–Trinajstić information content (AvgIpc) is 3.17. The lowest BCUT2D eigenvalue weighted by Gasteiger charge is -2.11. The molecule has 0 aliphatic carbocycles. The molecular formula is C15H8N2O4S. The second-order valence-corrected chi connectivity index (χ2v) is 5.63. The number of rotatable bonds is 2. The van der Waals surface area contributed by atoms with E-state index in [0.29, 0.717) is 5.06 Å². The molecule has 0 radical (unpaired) electrons. The number of nitrogens with zero attached hydrogens (tertiary/aromatic N) is 1. The molecule has 4 rings (SSSR count). The Balaban J connectivity index is 1.61. The molecule has 1 N–H and O–H groups in total. The summed E-state index contributed by atoms with van der Waals surface area (Å²) in [5.41, 5.74) is 0.652. The number of nitrogens with one attached hydrogen (secondary N) is 1. The molecule has 2 amide bonds. The molecular weight excluding hydrogens is 304 g/mol. The van der Waals surface area contributed by atoms with Crippen LogP contribution in [0.3, 0.4) is 0 Å². The van der Waals surface area contributed by atoms with Gasteiger partial charge < -0.3 is 9.82 Å². The number of hydrogen-bond donors (Lipinski definition) is 1. The molecule has 2 aromatic heterocycles. The predicted molar refractivity (Wildman–Crippen MR) is 78.5 cm³/mol. The topological polar surface area (TPSA) is 79.5 Å². The number of carbonyl (C=O) groups excluding carboxylic acids is 3. The van der Waals surface area contributed by atoms with Gasteiger partial charge in [0.2, 0.25) is 0 Å². The van der Waals surface area contributed by atoms with Crippen LogP contribution in [0, 0.1) is 0 Å². The molecule has 1 aliphatic rings. The van der Waals surface area contributed by atoms with Crippen molar-refractivity contribution in [1.82, 2.24) is 10.0 Å². The molecule has 6 nitrogen and oxygen atoms in total. The number of amides is 2. The maximum atomic E-state index is 12.1. The molecule has 0 saturated carbocycles. The molecule has 22 heavy (non-hydrogen) atoms. The van der Waals surface area contributed by atoms with Crippen molar-refractivity contribution in [2.75, 3.05) is 0 Å². The summed E-state index contributed by atoms with van der Waals surface area (Å²) >= 11 is 1.45. The number of benzene rings is 1. The van der Waals surface area contributed by atoms with Crippen LogP contribution in [0.5, 0.6) is 0 Å². The first-order valence-electron chi connectivity index (χ1n) is 6.41. The zero-order valence-electron chi connectivity index (χ0n) is 11.0. The van der Waals surface area contributed by atoms with Gasteiger partial charge in [0.15, 0.2) is 0 Å². The van der Waals surface area contributed by atoms with Gasteiger partial charge in [0.25, 0.3) is 11.8 Å². The van der Waals surface area contributed by atoms with Crippen molar-refractivity contribution in [1.29, 1.82) is 0 Å². The van der Waals surface area contributed by atoms with E-state index in [1.165, 1.54) is 23.5 Å². The summed E-state index contributed by atoms with van der Waals surface area (Å²) < 4.78 is 0. The fourth-order valence-corrected chi connectivity index (χ4v) is 3.12. The van der Waals surface area contributed by atoms with Crippen molar-refractivity contribution < 1.29 is 19.2 Å². The molecule has 1 aliphatic heterocycles. The number of aromatic amines is 1. The summed E-state index contributed by atoms with van der Waals surface area (Å²) in [5, 5.41) is 3.27. The van der Waals surface area contributed by atoms with Gasteiger partial charge in [0, 0.05) is 5.39 Å². The minimum Gasteiger partial charge on any atom is -0.341 e. The largest absolute Gasteiger partial charge is 0.380 e. The molecule has 108 valence electrons. The van der Waals surface area contributed by atoms with Crippen molar-refractivity contribution in [3.05, 3.63) is 58.6 Å². The van der Waals surface area contributed by atoms with Crippen LogP contribution in [0.15, 0.2) is 41.8 Å². The fourth-order valence-electron chi connectivity index (χ4n) is 2.34. The number of hydrogen-bond acceptors (Lipinski definition) is 5. The van der Waals surface area contributed by atoms with Crippen LogP contribution >= 0.6 is 11.3 Å². The van der Waals surface area contributed by atoms with Gasteiger partial charge in [-0.25, -0.2) is 4.79 Å². The molecule has 7 heteroatoms. The van der Waals surface area contributed by atoms with Gasteiger partial charge in [-0.15, -0.1) is 11.3 Å². The van der Waals surface area contributed by atoms with Gasteiger partial charge in [-0.1, -0.05) is 17.2 Å². The highest BCUT2D eigenvalue weighted by Crippen LogP contribution is 2.25. The van der Waals surface area contributed by atoms with Crippen LogP contribution in [-0.2, 0) is 4.84 Å². The SMILES string of the molecule is O=C(ON1C(=O)c2ccccc2C1=O)c1cc2ccsc2[nH]1. The van der Waals surface area contributed by atoms with E-state index in [2.05, 4.69) is 4.98 Å². The van der Waals surface area contributed by atoms with Crippen molar-refractivity contribution in [2.45, 2.75) is 0 Å². The molecule has 0 fully saturated rings. The molecule has 3 heterocycles. The molecule has 1 aromatic carbocycles. The van der Waals surface area contributed by atoms with Crippen LogP contribution in [-0.4, -0.2) is 27.8 Å². The van der Waals surface area contributed by atoms with Crippen LogP contribution in [0.2, 0.25) is 0 Å². The second kappa shape index (κ2) is 4.54. The van der Waals surface area contributed by atoms with E-state index in [-0.39, 0.29) is 16.8 Å². The quantitative estimate of drug-likeness (QED) is 0.738. The highest BCUT2D eigenvalue weighted by Gasteiger charge is 2.38. The van der Waals surface area contributed by atoms with Crippen molar-refractivity contribution in [3.8, 4) is 0 Å². The van der Waals surface area contributed by atoms with E-state index >= 15 is 0 Å². The number of H-pyrrole nitrogens is 1. The van der Waals surface area contributed by atoms with E-state index in [9.17, 15) is 14.4 Å². The summed E-state index contributed by atoms with van der Waals surface area (Å²) in [5.74, 6) is -2.05. The third-order valence-corrected chi connectivity index (χ3v) is 4.24. The van der Waals surface area contributed by atoms with Crippen LogP contribution < -0.4 is 0 Å². The minimum absolute atomic E-state index is 0.193. The third-order valence-electron chi connectivity index (χ3n) is 3.39. The minimum atomic E-state index is -0.780. The highest BCUT2D eigenvalue weighted by molar-refractivity contribution is 7.16. The van der Waals surface area contributed by atoms with Crippen LogP contribution in [0.25, 0.3) is 10.2 Å². The number of carbonyl (C=O) groups is 3. The highest BCUT2D eigenvalue weighted by atomic mass is 32.1. The molecule has 0 spiro atoms. The van der Waals surface area contributed by atoms with E-state index < -0.39 is 17.8 Å². The summed E-state index contributed by atoms with van der Waals surface area (Å²) in [7, 11) is 0. The maximum absolute atomic E-state index is 12.1. The Morgan fingerprint density at radius 3 is 2.41 bits per heavy atom. The lowest BCUT2D eigenvalue weighted by Crippen LogP contribution is -2.32. The fraction of sp³-hybridized carbons (Fsp3) is 0. The summed E-state index contributed by atoms with van der Waals surface area (Å²) in [4.78, 5) is 45.0. The van der Waals surface area contributed by atoms with Crippen LogP contribution in [0.1, 0.15) is 31.2 Å². The van der Waals surface area contributed by atoms with Crippen molar-refractivity contribution in [2.24, 2.45) is 0 Å². The lowest BCUT2D eigenvalue weighted by molar-refractivity contribution is -0.0587. The monoisotopic (exact) mass is 312 g/mol. The first kappa shape index (κ1) is 12.8. The van der Waals surface area contributed by atoms with E-state index in [4.69, 9.17) is 4.84 Å². The average molecular weight is 312 g/mol. The Hall–Kier alpha value is -2.93. The third kappa shape index (κ3) is 1.76. The summed E-state index contributed by atoms with van der Waals surface area (Å²) in [6.45, 7) is 0. The standard InChI is InChI=1S/C15H8N2O4S/c18-13-9-3-1-2-4-10(9)14(19)17(13)21-15(20)11-7-8-5-6-22-12(8)16-11/h1-7,16H. The number of fused-ring (bicyclic) bond motifs is 2. The van der Waals surface area contributed by atoms with Gasteiger partial charge in [-0.3, -0.25) is 9.59 Å². The maximum Gasteiger partial charge on any atom is 0.380 e. The Morgan fingerprint density at radius 1 is 1.09 bits per heavy atom. The Bertz CT molecular complexity index is 876. The molecule has 0 unspecified atom stereocenters. The summed E-state index contributed by atoms with van der Waals surface area (Å²) in [6, 6.07) is 9.81. The first-order valence-corrected chi connectivity index (χ1v) is 7.29. The van der Waals surface area contributed by atoms with Crippen molar-refractivity contribution >= 4 is 39.3 Å². The Kier molecular flexibility index (Phi) is 2.64. The number of aromatic nitrogens is 1. The predicted octanol–water partition coefficient (Wildman–Crippen LogP) is 2.60. The number of imide groups is 1. The Morgan fingerprint density at radius 2 is 1.77 bits per heavy atom. The molecule has 0 saturated heterocycles. The normalized spacial score (nSPS) is 13.7. The summed E-state index contributed by atoms with van der Waals surface area (Å²) in [6.07, 6.45) is 0. The zero-order valence-corrected chi connectivity index (χ0v) is 11.8. The van der Waals surface area contributed by atoms with Gasteiger partial charge >= 0.3 is 5.97 Å². The first-order chi connectivity index (χ1) is 10.6. The number of thiophene rings is 1. The lowest BCUT2D eigenvalue weighted by atomic mass is 10.1. The molecule has 0 atom stereocenters. The zero-order chi connectivity index (χ0) is 15.3. The van der Waals surface area contributed by atoms with Gasteiger partial charge in [-0.05, 0) is 29.6 Å². The second-order valence-electron chi connectivity index (χ2n) is 4.72. The van der Waals surface area contributed by atoms with Gasteiger partial charge in [0.1, 0.15) is 10.5 Å². The van der Waals surface area contributed by atoms with E-state index in [0.717, 1.165) is 10.2 Å². The Labute approximate surface area is 127 Å². The van der Waals surface area contributed by atoms with Gasteiger partial charge in [0.05, 0.1) is 11.1 Å². The van der Waals surface area contributed by atoms with E-state index in [1.54, 1.807) is 18.2 Å². The van der Waals surface area contributed by atoms with Gasteiger partial charge in [-0.2, -0.15) is 0 Å². The van der Waals surface area contributed by atoms with Crippen molar-refractivity contribution in [3.63, 3.8) is 0 Å². The molecule has 3 aromatic rings. The smallest absolute Gasteiger partial charge is 0.341 e. The van der Waals surface area contributed by atoms with E-state index in [1.807, 2.05) is 11.4 Å². The molecule has 0 bridgehead atoms. The van der Waals surface area contributed by atoms with Crippen LogP contribution in [0.4, 0.5) is 0 Å². The number of hydroxylamine groups is 2.